The second-order valence-electron chi connectivity index (χ2n) is 4.17. The van der Waals surface area contributed by atoms with Crippen molar-refractivity contribution >= 4 is 7.06 Å². The van der Waals surface area contributed by atoms with Crippen molar-refractivity contribution in [3.63, 3.8) is 0 Å². The molecular weight excluding hydrogens is 185 g/mol. The predicted octanol–water partition coefficient (Wildman–Crippen LogP) is 2.08. The monoisotopic (exact) mass is 205 g/mol. The first-order chi connectivity index (χ1) is 5.74. The summed E-state index contributed by atoms with van der Waals surface area (Å²) in [5.41, 5.74) is -0.307. The van der Waals surface area contributed by atoms with Crippen molar-refractivity contribution in [3.8, 4) is 6.07 Å². The first kappa shape index (κ1) is 12.8. The number of nitriles is 1. The van der Waals surface area contributed by atoms with Crippen LogP contribution >= 0.6 is 7.06 Å². The van der Waals surface area contributed by atoms with Gasteiger partial charge < -0.3 is 0 Å². The van der Waals surface area contributed by atoms with Crippen LogP contribution in [0.4, 0.5) is 0 Å². The van der Waals surface area contributed by atoms with Gasteiger partial charge in [0.05, 0.1) is 0 Å². The average molecular weight is 205 g/mol. The van der Waals surface area contributed by atoms with Gasteiger partial charge in [0.2, 0.25) is 0 Å². The van der Waals surface area contributed by atoms with Crippen LogP contribution in [0, 0.1) is 11.3 Å². The Bertz CT molecular complexity index is 206. The molecule has 0 radical (unpaired) electrons. The zero-order valence-electron chi connectivity index (χ0n) is 8.86. The van der Waals surface area contributed by atoms with E-state index in [1.54, 1.807) is 0 Å². The second kappa shape index (κ2) is 3.92. The summed E-state index contributed by atoms with van der Waals surface area (Å²) in [4.78, 5) is 20.6. The third-order valence-corrected chi connectivity index (χ3v) is 8.57. The van der Waals surface area contributed by atoms with Gasteiger partial charge in [-0.1, -0.05) is 0 Å². The number of hydrogen-bond donors (Lipinski definition) is 2. The number of rotatable bonds is 4. The zero-order chi connectivity index (χ0) is 10.7. The summed E-state index contributed by atoms with van der Waals surface area (Å²) in [6.45, 7) is 7.26. The summed E-state index contributed by atoms with van der Waals surface area (Å²) in [5, 5.41) is 8.46. The van der Waals surface area contributed by atoms with E-state index in [0.29, 0.717) is 0 Å². The van der Waals surface area contributed by atoms with Crippen LogP contribution in [-0.4, -0.2) is 27.3 Å². The fourth-order valence-electron chi connectivity index (χ4n) is 1.39. The molecule has 0 aromatic rings. The van der Waals surface area contributed by atoms with E-state index in [9.17, 15) is 9.79 Å². The third-order valence-electron chi connectivity index (χ3n) is 2.93. The van der Waals surface area contributed by atoms with Gasteiger partial charge in [-0.2, -0.15) is 0 Å². The molecule has 3 nitrogen and oxygen atoms in total. The van der Waals surface area contributed by atoms with Crippen LogP contribution in [0.15, 0.2) is 0 Å². The van der Waals surface area contributed by atoms with Gasteiger partial charge in [-0.05, 0) is 0 Å². The molecule has 0 atom stereocenters. The normalized spacial score (nSPS) is 15.5. The van der Waals surface area contributed by atoms with E-state index >= 15 is 0 Å². The van der Waals surface area contributed by atoms with Gasteiger partial charge in [0.15, 0.2) is 0 Å². The molecule has 13 heavy (non-hydrogen) atoms. The van der Waals surface area contributed by atoms with Crippen LogP contribution in [0.3, 0.4) is 0 Å². The van der Waals surface area contributed by atoms with Crippen LogP contribution < -0.4 is 0 Å². The first-order valence-corrected chi connectivity index (χ1v) is 7.08. The van der Waals surface area contributed by atoms with Crippen LogP contribution in [0.5, 0.6) is 0 Å². The van der Waals surface area contributed by atoms with Crippen LogP contribution in [-0.2, 0) is 0 Å². The van der Waals surface area contributed by atoms with Crippen molar-refractivity contribution in [3.05, 3.63) is 0 Å². The van der Waals surface area contributed by atoms with Crippen molar-refractivity contribution in [1.82, 2.24) is 0 Å². The molecule has 4 heteroatoms. The molecule has 0 unspecified atom stereocenters. The maximum absolute atomic E-state index is 10.3. The Hall–Kier alpha value is -0.160. The molecule has 0 aliphatic rings. The molecule has 2 N–H and O–H groups in total. The van der Waals surface area contributed by atoms with Crippen LogP contribution in [0.1, 0.15) is 34.1 Å². The summed E-state index contributed by atoms with van der Waals surface area (Å²) in [5.74, 6) is 0. The van der Waals surface area contributed by atoms with E-state index in [1.807, 2.05) is 33.8 Å². The van der Waals surface area contributed by atoms with E-state index in [-0.39, 0.29) is 23.9 Å². The Balaban J connectivity index is 4.83. The van der Waals surface area contributed by atoms with Crippen molar-refractivity contribution in [2.75, 3.05) is 6.16 Å². The summed E-state index contributed by atoms with van der Waals surface area (Å²) in [7, 11) is -3.62. The predicted molar refractivity (Wildman–Crippen MR) is 56.7 cm³/mol. The van der Waals surface area contributed by atoms with E-state index in [4.69, 9.17) is 5.26 Å². The molecule has 0 aromatic carbocycles. The van der Waals surface area contributed by atoms with E-state index in [2.05, 4.69) is 0 Å². The Kier molecular flexibility index (Phi) is 3.87. The van der Waals surface area contributed by atoms with Gasteiger partial charge in [0.1, 0.15) is 0 Å². The average Bonchev–Trinajstić information content (AvgIpc) is 2.01. The molecular formula is C9H20NO2P. The number of hydrogen-bond acceptors (Lipinski definition) is 3. The summed E-state index contributed by atoms with van der Waals surface area (Å²) in [6.07, 6.45) is 0.457. The van der Waals surface area contributed by atoms with Gasteiger partial charge in [-0.15, -0.1) is 0 Å². The Morgan fingerprint density at radius 3 is 1.77 bits per heavy atom. The summed E-state index contributed by atoms with van der Waals surface area (Å²) < 4.78 is 0. The summed E-state index contributed by atoms with van der Waals surface area (Å²) in [6, 6.07) is 1.97. The third kappa shape index (κ3) is 2.40. The molecule has 0 amide bonds. The molecule has 0 saturated carbocycles. The molecule has 0 bridgehead atoms. The van der Waals surface area contributed by atoms with Crippen molar-refractivity contribution in [2.45, 2.75) is 45.4 Å². The molecule has 0 aliphatic carbocycles. The summed E-state index contributed by atoms with van der Waals surface area (Å²) >= 11 is 0. The van der Waals surface area contributed by atoms with Crippen LogP contribution in [0.2, 0.25) is 0 Å². The van der Waals surface area contributed by atoms with E-state index < -0.39 is 7.06 Å². The standard InChI is InChI=1S/C9H20NO2P/c1-8(2)13(11,12,9(3)4)7-5-6-10/h8-9,11-12H,5,7H2,1-4H3. The molecule has 0 aliphatic heterocycles. The van der Waals surface area contributed by atoms with Crippen molar-refractivity contribution in [2.24, 2.45) is 0 Å². The van der Waals surface area contributed by atoms with E-state index in [1.165, 1.54) is 0 Å². The molecule has 0 heterocycles. The van der Waals surface area contributed by atoms with Gasteiger partial charge in [0.25, 0.3) is 0 Å². The Morgan fingerprint density at radius 2 is 1.54 bits per heavy atom. The Labute approximate surface area is 80.5 Å². The quantitative estimate of drug-likeness (QED) is 0.690. The van der Waals surface area contributed by atoms with Gasteiger partial charge in [-0.3, -0.25) is 0 Å². The molecule has 0 rings (SSSR count). The van der Waals surface area contributed by atoms with Crippen molar-refractivity contribution < 1.29 is 9.79 Å². The SMILES string of the molecule is CC(C)P(O)(O)(CCC#N)C(C)C. The van der Waals surface area contributed by atoms with Gasteiger partial charge in [-0.25, -0.2) is 0 Å². The topological polar surface area (TPSA) is 64.2 Å². The van der Waals surface area contributed by atoms with Crippen LogP contribution in [0.25, 0.3) is 0 Å². The van der Waals surface area contributed by atoms with E-state index in [0.717, 1.165) is 0 Å². The molecule has 0 spiro atoms. The van der Waals surface area contributed by atoms with Gasteiger partial charge in [0, 0.05) is 0 Å². The molecule has 0 saturated heterocycles. The first-order valence-electron chi connectivity index (χ1n) is 4.62. The van der Waals surface area contributed by atoms with Gasteiger partial charge >= 0.3 is 79.8 Å². The number of nitrogens with zero attached hydrogens (tertiary/aromatic N) is 1. The molecule has 0 fully saturated rings. The molecule has 0 aromatic heterocycles. The minimum atomic E-state index is -3.62. The second-order valence-corrected chi connectivity index (χ2v) is 9.38. The fourth-order valence-corrected chi connectivity index (χ4v) is 4.18. The molecule has 78 valence electrons. The maximum atomic E-state index is 10.3. The zero-order valence-corrected chi connectivity index (χ0v) is 9.75. The van der Waals surface area contributed by atoms with Crippen molar-refractivity contribution in [1.29, 1.82) is 5.26 Å². The minimum absolute atomic E-state index is 0.153. The fraction of sp³-hybridized carbons (Fsp3) is 0.889. The Morgan fingerprint density at radius 1 is 1.15 bits per heavy atom.